The molecule has 1 aliphatic rings. The van der Waals surface area contributed by atoms with E-state index in [4.69, 9.17) is 21.9 Å². The average molecular weight is 569 g/mol. The van der Waals surface area contributed by atoms with Crippen molar-refractivity contribution in [3.8, 4) is 22.8 Å². The summed E-state index contributed by atoms with van der Waals surface area (Å²) in [7, 11) is 0. The third-order valence-corrected chi connectivity index (χ3v) is 7.60. The number of carboxylic acid groups (broad SMARTS) is 1. The van der Waals surface area contributed by atoms with Crippen molar-refractivity contribution < 1.29 is 14.4 Å². The highest BCUT2D eigenvalue weighted by Crippen LogP contribution is 2.39. The Hall–Kier alpha value is -2.74. The minimum atomic E-state index is -0.662. The van der Waals surface area contributed by atoms with Crippen molar-refractivity contribution in [2.75, 3.05) is 13.1 Å². The number of piperidine rings is 1. The molecule has 0 amide bonds. The summed E-state index contributed by atoms with van der Waals surface area (Å²) in [6.45, 7) is 16.6. The van der Waals surface area contributed by atoms with Gasteiger partial charge in [0.25, 0.3) is 5.89 Å². The summed E-state index contributed by atoms with van der Waals surface area (Å²) in [4.78, 5) is 18.8. The first-order chi connectivity index (χ1) is 18.7. The number of aliphatic carboxylic acids is 1. The Morgan fingerprint density at radius 2 is 1.65 bits per heavy atom. The summed E-state index contributed by atoms with van der Waals surface area (Å²) in [6.07, 6.45) is 2.30. The maximum atomic E-state index is 11.9. The topological polar surface area (TPSA) is 105 Å². The van der Waals surface area contributed by atoms with Crippen LogP contribution in [0.1, 0.15) is 72.4 Å². The molecule has 2 aromatic carbocycles. The molecule has 0 radical (unpaired) electrons. The molecule has 1 aliphatic heterocycles. The minimum absolute atomic E-state index is 0. The monoisotopic (exact) mass is 568 g/mol. The van der Waals surface area contributed by atoms with E-state index >= 15 is 0 Å². The molecule has 0 atom stereocenters. The van der Waals surface area contributed by atoms with Gasteiger partial charge in [-0.1, -0.05) is 74.8 Å². The lowest BCUT2D eigenvalue weighted by Gasteiger charge is -2.41. The number of halogens is 1. The molecule has 8 heteroatoms. The van der Waals surface area contributed by atoms with E-state index in [1.807, 2.05) is 65.0 Å². The third-order valence-electron chi connectivity index (χ3n) is 7.25. The summed E-state index contributed by atoms with van der Waals surface area (Å²) in [5, 5.41) is 14.6. The van der Waals surface area contributed by atoms with Gasteiger partial charge in [-0.05, 0) is 88.2 Å². The predicted molar refractivity (Wildman–Crippen MR) is 162 cm³/mol. The number of aromatic nitrogens is 2. The Kier molecular flexibility index (Phi) is 10.6. The highest BCUT2D eigenvalue weighted by Gasteiger charge is 2.43. The van der Waals surface area contributed by atoms with Crippen molar-refractivity contribution in [3.63, 3.8) is 0 Å². The zero-order valence-corrected chi connectivity index (χ0v) is 25.8. The molecule has 40 heavy (non-hydrogen) atoms. The molecule has 1 fully saturated rings. The summed E-state index contributed by atoms with van der Waals surface area (Å²) in [5.74, 6) is 0.988. The summed E-state index contributed by atoms with van der Waals surface area (Å²) in [5.41, 5.74) is 8.74. The van der Waals surface area contributed by atoms with Crippen LogP contribution in [0.2, 0.25) is 5.02 Å². The normalized spacial score (nSPS) is 15.7. The number of benzene rings is 2. The fraction of sp³-hybridized carbons (Fsp3) is 0.531. The standard InChI is InChI=1S/C28H34ClN3O3.C4H11N/c1-18(2)15-22-9-10-23(16-24(22)29)26-30-25(31-35-26)21-7-5-20(6-8-21)17-32-13-11-28(12-14-32,19(3)4)27(33)34;1-4(2,3)5/h5-10,16,18-19H,11-15,17H2,1-4H3,(H,33,34);5H2,1-3H3. The molecule has 218 valence electrons. The molecule has 0 saturated carbocycles. The second kappa shape index (κ2) is 13.3. The first kappa shape index (κ1) is 31.8. The summed E-state index contributed by atoms with van der Waals surface area (Å²) >= 11 is 6.47. The predicted octanol–water partition coefficient (Wildman–Crippen LogP) is 7.32. The van der Waals surface area contributed by atoms with Gasteiger partial charge in [-0.25, -0.2) is 0 Å². The van der Waals surface area contributed by atoms with Crippen LogP contribution in [-0.4, -0.2) is 44.7 Å². The van der Waals surface area contributed by atoms with E-state index in [1.165, 1.54) is 5.56 Å². The Morgan fingerprint density at radius 1 is 1.07 bits per heavy atom. The van der Waals surface area contributed by atoms with Crippen LogP contribution in [0.5, 0.6) is 0 Å². The Balaban J connectivity index is 0.000000810. The van der Waals surface area contributed by atoms with Gasteiger partial charge in [0.1, 0.15) is 0 Å². The molecule has 2 heterocycles. The highest BCUT2D eigenvalue weighted by molar-refractivity contribution is 6.31. The van der Waals surface area contributed by atoms with Gasteiger partial charge in [0.05, 0.1) is 5.41 Å². The van der Waals surface area contributed by atoms with Crippen molar-refractivity contribution in [2.24, 2.45) is 23.0 Å². The van der Waals surface area contributed by atoms with Gasteiger partial charge >= 0.3 is 5.97 Å². The molecule has 1 saturated heterocycles. The third kappa shape index (κ3) is 8.63. The van der Waals surface area contributed by atoms with Gasteiger partial charge in [-0.3, -0.25) is 9.69 Å². The number of nitrogens with two attached hydrogens (primary N) is 1. The number of carbonyl (C=O) groups is 1. The van der Waals surface area contributed by atoms with Crippen molar-refractivity contribution in [1.29, 1.82) is 0 Å². The lowest BCUT2D eigenvalue weighted by Crippen LogP contribution is -2.47. The lowest BCUT2D eigenvalue weighted by molar-refractivity contribution is -0.155. The largest absolute Gasteiger partial charge is 0.481 e. The van der Waals surface area contributed by atoms with Crippen molar-refractivity contribution >= 4 is 17.6 Å². The first-order valence-corrected chi connectivity index (χ1v) is 14.5. The molecule has 3 N–H and O–H groups in total. The van der Waals surface area contributed by atoms with Crippen molar-refractivity contribution in [1.82, 2.24) is 15.0 Å². The average Bonchev–Trinajstić information content (AvgIpc) is 3.35. The maximum absolute atomic E-state index is 11.9. The van der Waals surface area contributed by atoms with Crippen LogP contribution in [0, 0.1) is 17.3 Å². The van der Waals surface area contributed by atoms with Gasteiger partial charge in [0.2, 0.25) is 5.82 Å². The van der Waals surface area contributed by atoms with Crippen LogP contribution in [0.15, 0.2) is 47.0 Å². The van der Waals surface area contributed by atoms with Gasteiger partial charge in [-0.15, -0.1) is 0 Å². The van der Waals surface area contributed by atoms with E-state index < -0.39 is 11.4 Å². The zero-order chi connectivity index (χ0) is 29.7. The fourth-order valence-corrected chi connectivity index (χ4v) is 5.17. The Bertz CT molecular complexity index is 1250. The molecule has 0 aliphatic carbocycles. The van der Waals surface area contributed by atoms with Crippen LogP contribution >= 0.6 is 11.6 Å². The van der Waals surface area contributed by atoms with Gasteiger partial charge < -0.3 is 15.4 Å². The number of hydrogen-bond acceptors (Lipinski definition) is 6. The number of nitrogens with zero attached hydrogens (tertiary/aromatic N) is 3. The summed E-state index contributed by atoms with van der Waals surface area (Å²) < 4.78 is 5.51. The van der Waals surface area contributed by atoms with Crippen LogP contribution in [-0.2, 0) is 17.8 Å². The molecular weight excluding hydrogens is 524 g/mol. The Labute approximate surface area is 244 Å². The Morgan fingerprint density at radius 3 is 2.15 bits per heavy atom. The fourth-order valence-electron chi connectivity index (χ4n) is 4.91. The van der Waals surface area contributed by atoms with Crippen LogP contribution in [0.3, 0.4) is 0 Å². The quantitative estimate of drug-likeness (QED) is 0.293. The molecule has 0 spiro atoms. The van der Waals surface area contributed by atoms with E-state index in [9.17, 15) is 9.90 Å². The van der Waals surface area contributed by atoms with E-state index in [0.29, 0.717) is 35.5 Å². The van der Waals surface area contributed by atoms with E-state index in [0.717, 1.165) is 42.7 Å². The van der Waals surface area contributed by atoms with Gasteiger partial charge in [-0.2, -0.15) is 4.98 Å². The summed E-state index contributed by atoms with van der Waals surface area (Å²) in [6, 6.07) is 14.0. The first-order valence-electron chi connectivity index (χ1n) is 14.1. The zero-order valence-electron chi connectivity index (χ0n) is 25.0. The van der Waals surface area contributed by atoms with E-state index in [1.54, 1.807) is 0 Å². The maximum Gasteiger partial charge on any atom is 0.309 e. The lowest BCUT2D eigenvalue weighted by atomic mass is 9.70. The molecule has 7 nitrogen and oxygen atoms in total. The van der Waals surface area contributed by atoms with Crippen LogP contribution in [0.25, 0.3) is 22.8 Å². The molecular formula is C32H45ClN4O3. The van der Waals surface area contributed by atoms with Gasteiger partial charge in [0, 0.05) is 28.2 Å². The molecule has 1 aromatic heterocycles. The smallest absolute Gasteiger partial charge is 0.309 e. The van der Waals surface area contributed by atoms with Crippen LogP contribution in [0.4, 0.5) is 0 Å². The molecule has 4 rings (SSSR count). The minimum Gasteiger partial charge on any atom is -0.481 e. The number of rotatable bonds is 8. The van der Waals surface area contributed by atoms with E-state index in [2.05, 4.69) is 41.0 Å². The number of hydrogen-bond donors (Lipinski definition) is 2. The molecule has 0 bridgehead atoms. The molecule has 0 unspecified atom stereocenters. The second-order valence-corrected chi connectivity index (χ2v) is 13.2. The van der Waals surface area contributed by atoms with Crippen molar-refractivity contribution in [3.05, 3.63) is 58.6 Å². The second-order valence-electron chi connectivity index (χ2n) is 12.8. The SMILES string of the molecule is CC(C)(C)N.CC(C)Cc1ccc(-c2nc(-c3ccc(CN4CCC(C(=O)O)(C(C)C)CC4)cc3)no2)cc1Cl. The number of likely N-dealkylation sites (tertiary alicyclic amines) is 1. The van der Waals surface area contributed by atoms with E-state index in [-0.39, 0.29) is 11.5 Å². The number of carboxylic acids is 1. The van der Waals surface area contributed by atoms with Crippen LogP contribution < -0.4 is 5.73 Å². The molecule has 3 aromatic rings. The van der Waals surface area contributed by atoms with Crippen molar-refractivity contribution in [2.45, 2.75) is 79.8 Å². The van der Waals surface area contributed by atoms with Gasteiger partial charge in [0.15, 0.2) is 0 Å². The highest BCUT2D eigenvalue weighted by atomic mass is 35.5.